The number of primary amides is 1. The first-order valence-electron chi connectivity index (χ1n) is 9.03. The minimum atomic E-state index is -1.21. The molecule has 0 aliphatic heterocycles. The third-order valence-corrected chi connectivity index (χ3v) is 3.33. The van der Waals surface area contributed by atoms with Crippen molar-refractivity contribution in [3.63, 3.8) is 0 Å². The zero-order chi connectivity index (χ0) is 25.3. The number of aromatic nitrogens is 2. The lowest BCUT2D eigenvalue weighted by molar-refractivity contribution is -0.140. The number of amides is 1. The lowest BCUT2D eigenvalue weighted by Crippen LogP contribution is -2.34. The van der Waals surface area contributed by atoms with Crippen LogP contribution < -0.4 is 34.4 Å². The molecule has 3 atom stereocenters. The second-order valence-electron chi connectivity index (χ2n) is 6.23. The maximum Gasteiger partial charge on any atom is 0.321 e. The maximum absolute atomic E-state index is 10.3. The Balaban J connectivity index is 0. The number of nitrogens with zero attached hydrogens (tertiary/aromatic N) is 2. The molecular weight excluding hydrogens is 430 g/mol. The van der Waals surface area contributed by atoms with E-state index in [2.05, 4.69) is 20.7 Å². The first-order chi connectivity index (χ1) is 14.8. The Hall–Kier alpha value is -3.76. The number of H-pyrrole nitrogens is 1. The third kappa shape index (κ3) is 18.3. The topological polar surface area (TPSA) is 326 Å². The number of aliphatic imine (C=N–C) groups is 1. The van der Waals surface area contributed by atoms with Crippen molar-refractivity contribution in [2.24, 2.45) is 39.4 Å². The Kier molecular flexibility index (Phi) is 16.1. The van der Waals surface area contributed by atoms with Gasteiger partial charge in [0.2, 0.25) is 5.91 Å². The van der Waals surface area contributed by atoms with Gasteiger partial charge in [-0.3, -0.25) is 24.2 Å². The Labute approximate surface area is 183 Å². The number of carbonyl (C=O) groups excluding carboxylic acids is 1. The monoisotopic (exact) mass is 461 g/mol. The number of imidazole rings is 1. The Morgan fingerprint density at radius 3 is 1.81 bits per heavy atom. The number of rotatable bonds is 11. The summed E-state index contributed by atoms with van der Waals surface area (Å²) in [7, 11) is 0. The number of nitrogens with one attached hydrogen (secondary N) is 1. The van der Waals surface area contributed by atoms with Crippen molar-refractivity contribution in [1.82, 2.24) is 9.97 Å². The van der Waals surface area contributed by atoms with E-state index in [0.717, 1.165) is 5.69 Å². The minimum absolute atomic E-state index is 0.0129. The largest absolute Gasteiger partial charge is 0.480 e. The standard InChI is InChI=1S/C6H14N4O2.C6H9N3O2.C4H8N2O3/c7-4(5(11)12)2-1-3-10-6(8)9;7-5(6(10)11)1-4-2-8-3-9-4;5-2(4(8)9)1-3(6)7/h4H,1-3,7H2,(H,11,12)(H4,8,9,10);2-3,5H,1,7H2,(H,8,9)(H,10,11);2H,1,5H2,(H2,6,7)(H,8,9). The van der Waals surface area contributed by atoms with Gasteiger partial charge in [0.25, 0.3) is 0 Å². The molecule has 1 heterocycles. The van der Waals surface area contributed by atoms with Gasteiger partial charge in [0, 0.05) is 24.9 Å². The van der Waals surface area contributed by atoms with Crippen LogP contribution in [-0.4, -0.2) is 79.7 Å². The molecule has 0 saturated carbocycles. The summed E-state index contributed by atoms with van der Waals surface area (Å²) in [5.41, 5.74) is 30.9. The van der Waals surface area contributed by atoms with Crippen molar-refractivity contribution in [2.45, 2.75) is 43.8 Å². The van der Waals surface area contributed by atoms with Gasteiger partial charge < -0.3 is 54.7 Å². The SMILES string of the molecule is NC(=O)CC(N)C(=O)O.NC(Cc1cnc[nH]1)C(=O)O.NC(N)=NCCCC(N)C(=O)O. The lowest BCUT2D eigenvalue weighted by atomic mass is 10.2. The van der Waals surface area contributed by atoms with Crippen LogP contribution in [0.25, 0.3) is 0 Å². The number of aromatic amines is 1. The third-order valence-electron chi connectivity index (χ3n) is 3.33. The van der Waals surface area contributed by atoms with E-state index < -0.39 is 41.9 Å². The average molecular weight is 461 g/mol. The molecule has 0 fully saturated rings. The number of nitrogens with two attached hydrogens (primary N) is 6. The number of aliphatic carboxylic acids is 3. The van der Waals surface area contributed by atoms with Crippen LogP contribution in [0.5, 0.6) is 0 Å². The Bertz CT molecular complexity index is 736. The summed E-state index contributed by atoms with van der Waals surface area (Å²) in [6.07, 6.45) is 3.98. The fraction of sp³-hybridized carbons (Fsp3) is 0.500. The first-order valence-corrected chi connectivity index (χ1v) is 9.03. The Morgan fingerprint density at radius 2 is 1.47 bits per heavy atom. The Morgan fingerprint density at radius 1 is 0.938 bits per heavy atom. The summed E-state index contributed by atoms with van der Waals surface area (Å²) in [6.45, 7) is 0.420. The molecule has 16 nitrogen and oxygen atoms in total. The van der Waals surface area contributed by atoms with E-state index in [4.69, 9.17) is 44.0 Å². The molecule has 0 aliphatic rings. The van der Waals surface area contributed by atoms with Crippen molar-refractivity contribution in [1.29, 1.82) is 0 Å². The van der Waals surface area contributed by atoms with E-state index in [1.54, 1.807) is 6.20 Å². The summed E-state index contributed by atoms with van der Waals surface area (Å²) >= 11 is 0. The van der Waals surface area contributed by atoms with Gasteiger partial charge in [-0.05, 0) is 12.8 Å². The van der Waals surface area contributed by atoms with Crippen LogP contribution in [0.1, 0.15) is 25.0 Å². The summed E-state index contributed by atoms with van der Waals surface area (Å²) in [5, 5.41) is 24.9. The van der Waals surface area contributed by atoms with E-state index in [0.29, 0.717) is 19.4 Å². The molecule has 1 aromatic heterocycles. The number of carbonyl (C=O) groups is 4. The van der Waals surface area contributed by atoms with Crippen LogP contribution >= 0.6 is 0 Å². The fourth-order valence-electron chi connectivity index (χ4n) is 1.67. The molecule has 0 bridgehead atoms. The summed E-state index contributed by atoms with van der Waals surface area (Å²) in [5.74, 6) is -3.91. The van der Waals surface area contributed by atoms with Gasteiger partial charge in [-0.2, -0.15) is 0 Å². The molecule has 0 saturated heterocycles. The molecule has 1 rings (SSSR count). The van der Waals surface area contributed by atoms with Gasteiger partial charge >= 0.3 is 17.9 Å². The molecule has 3 unspecified atom stereocenters. The molecule has 1 amide bonds. The van der Waals surface area contributed by atoms with Gasteiger partial charge in [-0.1, -0.05) is 0 Å². The van der Waals surface area contributed by atoms with E-state index in [9.17, 15) is 19.2 Å². The average Bonchev–Trinajstić information content (AvgIpc) is 3.18. The highest BCUT2D eigenvalue weighted by atomic mass is 16.4. The van der Waals surface area contributed by atoms with Gasteiger partial charge in [0.15, 0.2) is 5.96 Å². The molecule has 0 aliphatic carbocycles. The highest BCUT2D eigenvalue weighted by Crippen LogP contribution is 1.95. The van der Waals surface area contributed by atoms with Crippen molar-refractivity contribution >= 4 is 29.8 Å². The maximum atomic E-state index is 10.3. The molecule has 32 heavy (non-hydrogen) atoms. The molecule has 16 N–H and O–H groups in total. The van der Waals surface area contributed by atoms with Gasteiger partial charge in [0.05, 0.1) is 12.7 Å². The second-order valence-corrected chi connectivity index (χ2v) is 6.23. The van der Waals surface area contributed by atoms with Gasteiger partial charge in [-0.25, -0.2) is 4.98 Å². The molecule has 16 heteroatoms. The quantitative estimate of drug-likeness (QED) is 0.0855. The number of hydrogen-bond donors (Lipinski definition) is 10. The van der Waals surface area contributed by atoms with E-state index in [1.165, 1.54) is 6.33 Å². The molecule has 0 spiro atoms. The smallest absolute Gasteiger partial charge is 0.321 e. The van der Waals surface area contributed by atoms with E-state index in [1.807, 2.05) is 0 Å². The number of guanidine groups is 1. The second kappa shape index (κ2) is 17.0. The van der Waals surface area contributed by atoms with Crippen molar-refractivity contribution in [3.05, 3.63) is 18.2 Å². The molecule has 1 aromatic rings. The fourth-order valence-corrected chi connectivity index (χ4v) is 1.67. The molecular formula is C16H31N9O7. The highest BCUT2D eigenvalue weighted by molar-refractivity contribution is 5.83. The zero-order valence-corrected chi connectivity index (χ0v) is 17.3. The molecule has 0 radical (unpaired) electrons. The van der Waals surface area contributed by atoms with Crippen LogP contribution in [0, 0.1) is 0 Å². The van der Waals surface area contributed by atoms with Gasteiger partial charge in [0.1, 0.15) is 18.1 Å². The van der Waals surface area contributed by atoms with Crippen LogP contribution in [-0.2, 0) is 25.6 Å². The normalized spacial score (nSPS) is 12.5. The summed E-state index contributed by atoms with van der Waals surface area (Å²) in [4.78, 5) is 50.6. The van der Waals surface area contributed by atoms with E-state index >= 15 is 0 Å². The lowest BCUT2D eigenvalue weighted by Gasteiger charge is -2.03. The molecule has 182 valence electrons. The highest BCUT2D eigenvalue weighted by Gasteiger charge is 2.13. The number of carboxylic acids is 3. The predicted octanol–water partition coefficient (Wildman–Crippen LogP) is -3.91. The zero-order valence-electron chi connectivity index (χ0n) is 17.3. The van der Waals surface area contributed by atoms with Crippen molar-refractivity contribution < 1.29 is 34.5 Å². The van der Waals surface area contributed by atoms with Crippen molar-refractivity contribution in [2.75, 3.05) is 6.54 Å². The van der Waals surface area contributed by atoms with Crippen LogP contribution in [0.15, 0.2) is 17.5 Å². The number of carboxylic acid groups (broad SMARTS) is 3. The van der Waals surface area contributed by atoms with Crippen LogP contribution in [0.4, 0.5) is 0 Å². The van der Waals surface area contributed by atoms with Crippen LogP contribution in [0.2, 0.25) is 0 Å². The van der Waals surface area contributed by atoms with E-state index in [-0.39, 0.29) is 18.8 Å². The van der Waals surface area contributed by atoms with Crippen LogP contribution in [0.3, 0.4) is 0 Å². The summed E-state index contributed by atoms with van der Waals surface area (Å²) in [6, 6.07) is -2.84. The minimum Gasteiger partial charge on any atom is -0.480 e. The summed E-state index contributed by atoms with van der Waals surface area (Å²) < 4.78 is 0. The molecule has 0 aromatic carbocycles. The van der Waals surface area contributed by atoms with Crippen molar-refractivity contribution in [3.8, 4) is 0 Å². The number of hydrogen-bond acceptors (Lipinski definition) is 9. The van der Waals surface area contributed by atoms with Gasteiger partial charge in [-0.15, -0.1) is 0 Å². The predicted molar refractivity (Wildman–Crippen MR) is 113 cm³/mol. The first kappa shape index (κ1) is 30.4.